The van der Waals surface area contributed by atoms with Crippen molar-refractivity contribution in [3.8, 4) is 0 Å². The molecule has 1 unspecified atom stereocenters. The Balaban J connectivity index is 2.30. The standard InChI is InChI=1S/C8H12N4S/c1-4(2)6-10-5-3-9-8(13)12-7(5)11-6/h3-4,6,10H,1-2H3,(H2,9,11,12,13). The van der Waals surface area contributed by atoms with E-state index in [1.54, 1.807) is 6.20 Å². The number of anilines is 2. The first-order valence-electron chi connectivity index (χ1n) is 4.29. The van der Waals surface area contributed by atoms with Crippen molar-refractivity contribution in [2.75, 3.05) is 10.6 Å². The molecule has 1 aromatic rings. The Morgan fingerprint density at radius 1 is 1.46 bits per heavy atom. The molecule has 2 heterocycles. The van der Waals surface area contributed by atoms with Crippen LogP contribution in [0.3, 0.4) is 0 Å². The van der Waals surface area contributed by atoms with Gasteiger partial charge in [0.2, 0.25) is 0 Å². The first kappa shape index (κ1) is 8.50. The van der Waals surface area contributed by atoms with E-state index in [2.05, 4.69) is 34.4 Å². The number of aromatic nitrogens is 2. The Morgan fingerprint density at radius 2 is 2.23 bits per heavy atom. The predicted octanol–water partition coefficient (Wildman–Crippen LogP) is 1.96. The summed E-state index contributed by atoms with van der Waals surface area (Å²) in [5.74, 6) is 1.47. The highest BCUT2D eigenvalue weighted by Gasteiger charge is 2.22. The number of aromatic amines is 1. The average molecular weight is 196 g/mol. The lowest BCUT2D eigenvalue weighted by molar-refractivity contribution is 0.580. The third kappa shape index (κ3) is 1.51. The topological polar surface area (TPSA) is 52.7 Å². The van der Waals surface area contributed by atoms with E-state index in [0.717, 1.165) is 11.5 Å². The van der Waals surface area contributed by atoms with Crippen LogP contribution in [0.15, 0.2) is 6.20 Å². The van der Waals surface area contributed by atoms with Gasteiger partial charge in [0.1, 0.15) is 12.0 Å². The van der Waals surface area contributed by atoms with E-state index in [1.165, 1.54) is 0 Å². The van der Waals surface area contributed by atoms with Crippen LogP contribution in [0, 0.1) is 10.7 Å². The molecule has 0 aliphatic carbocycles. The molecule has 0 radical (unpaired) electrons. The molecule has 0 saturated heterocycles. The summed E-state index contributed by atoms with van der Waals surface area (Å²) < 4.78 is 0.512. The summed E-state index contributed by atoms with van der Waals surface area (Å²) in [5, 5.41) is 6.61. The molecule has 1 atom stereocenters. The van der Waals surface area contributed by atoms with E-state index < -0.39 is 0 Å². The van der Waals surface area contributed by atoms with Gasteiger partial charge >= 0.3 is 0 Å². The van der Waals surface area contributed by atoms with Gasteiger partial charge in [-0.15, -0.1) is 0 Å². The molecule has 0 aromatic carbocycles. The maximum absolute atomic E-state index is 4.92. The lowest BCUT2D eigenvalue weighted by atomic mass is 10.2. The number of nitrogens with zero attached hydrogens (tertiary/aromatic N) is 1. The number of hydrogen-bond donors (Lipinski definition) is 3. The minimum atomic E-state index is 0.268. The number of H-pyrrole nitrogens is 1. The SMILES string of the molecule is CC(C)C1Nc2cnc(=S)[nH]c2N1. The van der Waals surface area contributed by atoms with Crippen LogP contribution in [-0.4, -0.2) is 16.1 Å². The lowest BCUT2D eigenvalue weighted by Crippen LogP contribution is -2.28. The third-order valence-corrected chi connectivity index (χ3v) is 2.30. The second-order valence-electron chi connectivity index (χ2n) is 3.49. The van der Waals surface area contributed by atoms with Gasteiger partial charge < -0.3 is 15.6 Å². The predicted molar refractivity (Wildman–Crippen MR) is 55.3 cm³/mol. The molecule has 0 bridgehead atoms. The molecule has 0 amide bonds. The van der Waals surface area contributed by atoms with Gasteiger partial charge in [0.25, 0.3) is 0 Å². The molecule has 1 aliphatic heterocycles. The first-order valence-corrected chi connectivity index (χ1v) is 4.70. The molecule has 4 nitrogen and oxygen atoms in total. The van der Waals surface area contributed by atoms with Crippen molar-refractivity contribution in [1.29, 1.82) is 0 Å². The van der Waals surface area contributed by atoms with Gasteiger partial charge in [-0.2, -0.15) is 0 Å². The van der Waals surface area contributed by atoms with Gasteiger partial charge in [0.05, 0.1) is 11.9 Å². The maximum Gasteiger partial charge on any atom is 0.198 e. The summed E-state index contributed by atoms with van der Waals surface area (Å²) in [4.78, 5) is 7.00. The highest BCUT2D eigenvalue weighted by molar-refractivity contribution is 7.71. The molecule has 3 N–H and O–H groups in total. The van der Waals surface area contributed by atoms with Crippen LogP contribution in [0.5, 0.6) is 0 Å². The molecule has 13 heavy (non-hydrogen) atoms. The van der Waals surface area contributed by atoms with Crippen LogP contribution in [0.25, 0.3) is 0 Å². The highest BCUT2D eigenvalue weighted by atomic mass is 32.1. The largest absolute Gasteiger partial charge is 0.361 e. The van der Waals surface area contributed by atoms with Crippen molar-refractivity contribution in [2.24, 2.45) is 5.92 Å². The summed E-state index contributed by atoms with van der Waals surface area (Å²) in [6, 6.07) is 0. The number of nitrogens with one attached hydrogen (secondary N) is 3. The van der Waals surface area contributed by atoms with Crippen LogP contribution in [0.1, 0.15) is 13.8 Å². The molecule has 0 spiro atoms. The van der Waals surface area contributed by atoms with Crippen LogP contribution < -0.4 is 10.6 Å². The average Bonchev–Trinajstić information content (AvgIpc) is 2.46. The smallest absolute Gasteiger partial charge is 0.198 e. The molecular formula is C8H12N4S. The Labute approximate surface area is 81.8 Å². The maximum atomic E-state index is 4.92. The number of rotatable bonds is 1. The monoisotopic (exact) mass is 196 g/mol. The Bertz CT molecular complexity index is 371. The fraction of sp³-hybridized carbons (Fsp3) is 0.500. The summed E-state index contributed by atoms with van der Waals surface area (Å²) in [5.41, 5.74) is 0.993. The third-order valence-electron chi connectivity index (χ3n) is 2.09. The summed E-state index contributed by atoms with van der Waals surface area (Å²) in [6.07, 6.45) is 2.02. The molecular weight excluding hydrogens is 184 g/mol. The zero-order valence-electron chi connectivity index (χ0n) is 7.59. The fourth-order valence-corrected chi connectivity index (χ4v) is 1.46. The van der Waals surface area contributed by atoms with Crippen molar-refractivity contribution < 1.29 is 0 Å². The Kier molecular flexibility index (Phi) is 1.95. The van der Waals surface area contributed by atoms with Gasteiger partial charge in [-0.3, -0.25) is 0 Å². The molecule has 0 fully saturated rings. The van der Waals surface area contributed by atoms with Gasteiger partial charge in [-0.05, 0) is 18.1 Å². The molecule has 5 heteroatoms. The van der Waals surface area contributed by atoms with E-state index in [-0.39, 0.29) is 6.17 Å². The zero-order chi connectivity index (χ0) is 9.42. The molecule has 1 aliphatic rings. The van der Waals surface area contributed by atoms with Crippen molar-refractivity contribution >= 4 is 23.7 Å². The van der Waals surface area contributed by atoms with Gasteiger partial charge in [-0.25, -0.2) is 4.98 Å². The fourth-order valence-electron chi connectivity index (χ4n) is 1.31. The van der Waals surface area contributed by atoms with E-state index in [4.69, 9.17) is 12.2 Å². The lowest BCUT2D eigenvalue weighted by Gasteiger charge is -2.15. The van der Waals surface area contributed by atoms with E-state index in [1.807, 2.05) is 0 Å². The molecule has 70 valence electrons. The van der Waals surface area contributed by atoms with Crippen molar-refractivity contribution in [3.63, 3.8) is 0 Å². The van der Waals surface area contributed by atoms with Gasteiger partial charge in [0, 0.05) is 0 Å². The number of fused-ring (bicyclic) bond motifs is 1. The van der Waals surface area contributed by atoms with E-state index in [9.17, 15) is 0 Å². The second-order valence-corrected chi connectivity index (χ2v) is 3.87. The van der Waals surface area contributed by atoms with Gasteiger partial charge in [0.15, 0.2) is 4.77 Å². The van der Waals surface area contributed by atoms with E-state index in [0.29, 0.717) is 10.7 Å². The minimum Gasteiger partial charge on any atom is -0.361 e. The number of hydrogen-bond acceptors (Lipinski definition) is 4. The summed E-state index contributed by atoms with van der Waals surface area (Å²) >= 11 is 4.92. The molecule has 0 saturated carbocycles. The van der Waals surface area contributed by atoms with Crippen LogP contribution in [0.4, 0.5) is 11.5 Å². The molecule has 1 aromatic heterocycles. The summed E-state index contributed by atoms with van der Waals surface area (Å²) in [6.45, 7) is 4.30. The van der Waals surface area contributed by atoms with E-state index >= 15 is 0 Å². The zero-order valence-corrected chi connectivity index (χ0v) is 8.40. The quantitative estimate of drug-likeness (QED) is 0.601. The normalized spacial score (nSPS) is 19.5. The Morgan fingerprint density at radius 3 is 2.92 bits per heavy atom. The Hall–Kier alpha value is -1.10. The van der Waals surface area contributed by atoms with Gasteiger partial charge in [-0.1, -0.05) is 13.8 Å². The minimum absolute atomic E-state index is 0.268. The van der Waals surface area contributed by atoms with Crippen LogP contribution in [0.2, 0.25) is 0 Å². The highest BCUT2D eigenvalue weighted by Crippen LogP contribution is 2.27. The van der Waals surface area contributed by atoms with Crippen LogP contribution >= 0.6 is 12.2 Å². The van der Waals surface area contributed by atoms with Crippen LogP contribution in [-0.2, 0) is 0 Å². The summed E-state index contributed by atoms with van der Waals surface area (Å²) in [7, 11) is 0. The molecule has 2 rings (SSSR count). The van der Waals surface area contributed by atoms with Crippen molar-refractivity contribution in [2.45, 2.75) is 20.0 Å². The van der Waals surface area contributed by atoms with Crippen molar-refractivity contribution in [1.82, 2.24) is 9.97 Å². The van der Waals surface area contributed by atoms with Crippen molar-refractivity contribution in [3.05, 3.63) is 11.0 Å². The second kappa shape index (κ2) is 2.99. The first-order chi connectivity index (χ1) is 6.16.